The second kappa shape index (κ2) is 8.55. The van der Waals surface area contributed by atoms with Crippen LogP contribution in [0.2, 0.25) is 5.22 Å². The maximum absolute atomic E-state index is 13.7. The van der Waals surface area contributed by atoms with Crippen LogP contribution in [0.15, 0.2) is 34.7 Å². The highest BCUT2D eigenvalue weighted by Gasteiger charge is 2.35. The Labute approximate surface area is 194 Å². The Kier molecular flexibility index (Phi) is 6.10. The summed E-state index contributed by atoms with van der Waals surface area (Å²) in [4.78, 5) is 26.2. The Hall–Kier alpha value is -2.33. The zero-order chi connectivity index (χ0) is 23.2. The van der Waals surface area contributed by atoms with E-state index < -0.39 is 5.41 Å². The topological polar surface area (TPSA) is 52.2 Å². The van der Waals surface area contributed by atoms with E-state index in [1.165, 1.54) is 5.56 Å². The first-order valence-electron chi connectivity index (χ1n) is 11.5. The number of halogens is 1. The van der Waals surface area contributed by atoms with E-state index in [2.05, 4.69) is 36.6 Å². The van der Waals surface area contributed by atoms with Crippen LogP contribution in [0.25, 0.3) is 10.9 Å². The van der Waals surface area contributed by atoms with Crippen molar-refractivity contribution in [2.75, 3.05) is 0 Å². The van der Waals surface area contributed by atoms with Gasteiger partial charge < -0.3 is 8.98 Å². The number of benzene rings is 1. The maximum atomic E-state index is 13.7. The Morgan fingerprint density at radius 2 is 1.91 bits per heavy atom. The number of furan rings is 1. The average molecular weight is 454 g/mol. The number of aromatic nitrogens is 1. The molecule has 3 aromatic rings. The quantitative estimate of drug-likeness (QED) is 0.339. The predicted octanol–water partition coefficient (Wildman–Crippen LogP) is 7.20. The van der Waals surface area contributed by atoms with Crippen molar-refractivity contribution in [2.24, 2.45) is 11.3 Å². The lowest BCUT2D eigenvalue weighted by molar-refractivity contribution is -0.124. The maximum Gasteiger partial charge on any atom is 0.193 e. The fourth-order valence-electron chi connectivity index (χ4n) is 4.43. The first-order valence-corrected chi connectivity index (χ1v) is 11.9. The van der Waals surface area contributed by atoms with E-state index >= 15 is 0 Å². The molecule has 0 saturated heterocycles. The van der Waals surface area contributed by atoms with E-state index in [0.717, 1.165) is 47.2 Å². The van der Waals surface area contributed by atoms with Crippen LogP contribution in [0, 0.1) is 11.3 Å². The van der Waals surface area contributed by atoms with Crippen LogP contribution in [-0.4, -0.2) is 16.1 Å². The molecule has 170 valence electrons. The van der Waals surface area contributed by atoms with E-state index in [1.807, 2.05) is 19.9 Å². The lowest BCUT2D eigenvalue weighted by Crippen LogP contribution is -2.28. The molecule has 4 nitrogen and oxygen atoms in total. The molecular formula is C27H32ClNO3. The molecule has 0 radical (unpaired) electrons. The molecule has 5 heteroatoms. The Morgan fingerprint density at radius 1 is 1.19 bits per heavy atom. The third-order valence-corrected chi connectivity index (χ3v) is 7.29. The van der Waals surface area contributed by atoms with Gasteiger partial charge in [-0.15, -0.1) is 0 Å². The molecule has 32 heavy (non-hydrogen) atoms. The minimum absolute atomic E-state index is 0.0778. The molecule has 1 aromatic carbocycles. The molecule has 0 atom stereocenters. The summed E-state index contributed by atoms with van der Waals surface area (Å²) < 4.78 is 7.83. The fourth-order valence-corrected chi connectivity index (χ4v) is 4.60. The monoisotopic (exact) mass is 453 g/mol. The number of carbonyl (C=O) groups is 2. The molecular weight excluding hydrogens is 422 g/mol. The van der Waals surface area contributed by atoms with Crippen molar-refractivity contribution in [3.63, 3.8) is 0 Å². The summed E-state index contributed by atoms with van der Waals surface area (Å²) in [6.07, 6.45) is 3.49. The highest BCUT2D eigenvalue weighted by molar-refractivity contribution is 6.28. The van der Waals surface area contributed by atoms with E-state index in [-0.39, 0.29) is 17.5 Å². The van der Waals surface area contributed by atoms with Crippen molar-refractivity contribution in [3.8, 4) is 0 Å². The Bertz CT molecular complexity index is 1180. The van der Waals surface area contributed by atoms with Crippen molar-refractivity contribution < 1.29 is 14.0 Å². The summed E-state index contributed by atoms with van der Waals surface area (Å²) in [6.45, 7) is 10.3. The van der Waals surface area contributed by atoms with E-state index in [9.17, 15) is 9.59 Å². The minimum atomic E-state index is -0.581. The van der Waals surface area contributed by atoms with Gasteiger partial charge in [-0.2, -0.15) is 0 Å². The van der Waals surface area contributed by atoms with Gasteiger partial charge in [0.1, 0.15) is 11.5 Å². The third kappa shape index (κ3) is 4.17. The van der Waals surface area contributed by atoms with Gasteiger partial charge in [0.2, 0.25) is 0 Å². The van der Waals surface area contributed by atoms with E-state index in [0.29, 0.717) is 24.1 Å². The number of hydrogen-bond acceptors (Lipinski definition) is 3. The van der Waals surface area contributed by atoms with E-state index in [4.69, 9.17) is 16.0 Å². The van der Waals surface area contributed by atoms with Crippen molar-refractivity contribution in [1.29, 1.82) is 0 Å². The number of carbonyl (C=O) groups excluding carboxylic acids is 2. The molecule has 1 aliphatic carbocycles. The number of ketones is 2. The molecule has 0 amide bonds. The Balaban J connectivity index is 1.97. The van der Waals surface area contributed by atoms with Gasteiger partial charge in [-0.1, -0.05) is 40.2 Å². The molecule has 0 spiro atoms. The lowest BCUT2D eigenvalue weighted by atomic mass is 9.77. The summed E-state index contributed by atoms with van der Waals surface area (Å²) in [5.74, 6) is 1.49. The average Bonchev–Trinajstić information content (AvgIpc) is 3.21. The lowest BCUT2D eigenvalue weighted by Gasteiger charge is -2.26. The van der Waals surface area contributed by atoms with Crippen LogP contribution in [-0.2, 0) is 17.8 Å². The number of fused-ring (bicyclic) bond motifs is 1. The normalized spacial score (nSPS) is 14.8. The molecule has 2 heterocycles. The van der Waals surface area contributed by atoms with Crippen LogP contribution in [0.3, 0.4) is 0 Å². The number of Topliss-reactive ketones (excluding diaryl/α,β-unsaturated/α-hetero) is 2. The first-order chi connectivity index (χ1) is 15.1. The van der Waals surface area contributed by atoms with E-state index in [1.54, 1.807) is 13.0 Å². The summed E-state index contributed by atoms with van der Waals surface area (Å²) in [6, 6.07) is 10.0. The third-order valence-electron chi connectivity index (χ3n) is 7.09. The smallest absolute Gasteiger partial charge is 0.193 e. The number of rotatable bonds is 8. The van der Waals surface area contributed by atoms with Gasteiger partial charge in [0.15, 0.2) is 11.0 Å². The Morgan fingerprint density at radius 3 is 2.44 bits per heavy atom. The summed E-state index contributed by atoms with van der Waals surface area (Å²) in [7, 11) is 0. The van der Waals surface area contributed by atoms with Crippen LogP contribution in [0.1, 0.15) is 87.2 Å². The zero-order valence-corrected chi connectivity index (χ0v) is 20.4. The minimum Gasteiger partial charge on any atom is -0.448 e. The molecule has 1 aliphatic rings. The summed E-state index contributed by atoms with van der Waals surface area (Å²) in [5.41, 5.74) is 3.34. The second-order valence-electron chi connectivity index (χ2n) is 10.2. The second-order valence-corrected chi connectivity index (χ2v) is 10.5. The van der Waals surface area contributed by atoms with Gasteiger partial charge in [0.05, 0.1) is 6.54 Å². The van der Waals surface area contributed by atoms with Gasteiger partial charge >= 0.3 is 0 Å². The molecule has 0 unspecified atom stereocenters. The molecule has 0 bridgehead atoms. The van der Waals surface area contributed by atoms with Gasteiger partial charge in [-0.05, 0) is 67.1 Å². The van der Waals surface area contributed by atoms with Crippen LogP contribution in [0.4, 0.5) is 0 Å². The van der Waals surface area contributed by atoms with Crippen molar-refractivity contribution in [3.05, 3.63) is 58.1 Å². The highest BCUT2D eigenvalue weighted by atomic mass is 35.5. The molecule has 2 aromatic heterocycles. The summed E-state index contributed by atoms with van der Waals surface area (Å²) >= 11 is 6.04. The molecule has 0 aliphatic heterocycles. The molecule has 1 saturated carbocycles. The van der Waals surface area contributed by atoms with Gasteiger partial charge in [0, 0.05) is 39.9 Å². The molecule has 4 rings (SSSR count). The van der Waals surface area contributed by atoms with Gasteiger partial charge in [-0.3, -0.25) is 9.59 Å². The van der Waals surface area contributed by atoms with Crippen molar-refractivity contribution in [2.45, 2.75) is 72.8 Å². The van der Waals surface area contributed by atoms with Crippen molar-refractivity contribution >= 4 is 34.1 Å². The van der Waals surface area contributed by atoms with Crippen LogP contribution >= 0.6 is 11.6 Å². The van der Waals surface area contributed by atoms with Crippen molar-refractivity contribution in [1.82, 2.24) is 4.57 Å². The van der Waals surface area contributed by atoms with Crippen LogP contribution < -0.4 is 0 Å². The SMILES string of the molecule is CC(=O)C(C)(C)Cc1c(C(=O)C2CCC2)c2cc(C(C)C)ccc2n1Cc1ccc(Cl)o1. The summed E-state index contributed by atoms with van der Waals surface area (Å²) in [5, 5.41) is 1.33. The molecule has 1 fully saturated rings. The fraction of sp³-hybridized carbons (Fsp3) is 0.481. The van der Waals surface area contributed by atoms with Gasteiger partial charge in [0.25, 0.3) is 0 Å². The largest absolute Gasteiger partial charge is 0.448 e. The van der Waals surface area contributed by atoms with Crippen LogP contribution in [0.5, 0.6) is 0 Å². The highest BCUT2D eigenvalue weighted by Crippen LogP contribution is 2.39. The zero-order valence-electron chi connectivity index (χ0n) is 19.6. The number of hydrogen-bond donors (Lipinski definition) is 0. The first kappa shape index (κ1) is 22.8. The van der Waals surface area contributed by atoms with Gasteiger partial charge in [-0.25, -0.2) is 0 Å². The predicted molar refractivity (Wildman–Crippen MR) is 129 cm³/mol. The molecule has 0 N–H and O–H groups in total. The standard InChI is InChI=1S/C27H32ClNO3/c1-16(2)19-9-11-22-21(13-19)25(26(31)18-7-6-8-18)23(14-27(4,5)17(3)30)29(22)15-20-10-12-24(28)32-20/h9-13,16,18H,6-8,14-15H2,1-5H3. The number of nitrogens with zero attached hydrogens (tertiary/aromatic N) is 1.